The molecule has 0 bridgehead atoms. The average Bonchev–Trinajstić information content (AvgIpc) is 2.33. The third-order valence-corrected chi connectivity index (χ3v) is 3.39. The van der Waals surface area contributed by atoms with Crippen molar-refractivity contribution in [3.8, 4) is 5.75 Å². The van der Waals surface area contributed by atoms with Crippen molar-refractivity contribution in [3.05, 3.63) is 51.5 Å². The van der Waals surface area contributed by atoms with Crippen LogP contribution in [0, 0.1) is 5.82 Å². The van der Waals surface area contributed by atoms with Gasteiger partial charge in [-0.1, -0.05) is 11.6 Å². The Labute approximate surface area is 121 Å². The van der Waals surface area contributed by atoms with Crippen LogP contribution in [-0.4, -0.2) is 16.0 Å². The average molecular weight is 346 g/mol. The van der Waals surface area contributed by atoms with E-state index in [-0.39, 0.29) is 10.7 Å². The molecule has 0 radical (unpaired) electrons. The fraction of sp³-hybridized carbons (Fsp3) is 0. The molecule has 1 aromatic heterocycles. The van der Waals surface area contributed by atoms with Gasteiger partial charge in [0.2, 0.25) is 0 Å². The molecule has 0 atom stereocenters. The Hall–Kier alpha value is -1.66. The number of hydrogen-bond donors (Lipinski definition) is 2. The van der Waals surface area contributed by atoms with Gasteiger partial charge < -0.3 is 10.4 Å². The summed E-state index contributed by atoms with van der Waals surface area (Å²) in [5.41, 5.74) is 0.359. The summed E-state index contributed by atoms with van der Waals surface area (Å²) >= 11 is 8.90. The third kappa shape index (κ3) is 3.21. The van der Waals surface area contributed by atoms with Gasteiger partial charge in [0.15, 0.2) is 0 Å². The monoisotopic (exact) mass is 344 g/mol. The summed E-state index contributed by atoms with van der Waals surface area (Å²) in [4.78, 5) is 15.7. The van der Waals surface area contributed by atoms with Gasteiger partial charge in [0, 0.05) is 6.07 Å². The first-order valence-electron chi connectivity index (χ1n) is 5.08. The quantitative estimate of drug-likeness (QED) is 0.818. The Bertz CT molecular complexity index is 652. The molecule has 0 saturated carbocycles. The number of carbonyl (C=O) groups is 1. The molecule has 1 amide bonds. The van der Waals surface area contributed by atoms with E-state index in [0.29, 0.717) is 10.2 Å². The second-order valence-corrected chi connectivity index (χ2v) is 4.82. The number of phenols is 1. The predicted molar refractivity (Wildman–Crippen MR) is 73.0 cm³/mol. The van der Waals surface area contributed by atoms with Crippen LogP contribution in [0.5, 0.6) is 5.75 Å². The molecule has 0 unspecified atom stereocenters. The lowest BCUT2D eigenvalue weighted by Gasteiger charge is -2.07. The van der Waals surface area contributed by atoms with Crippen LogP contribution in [-0.2, 0) is 0 Å². The Morgan fingerprint density at radius 2 is 2.16 bits per heavy atom. The number of hydrogen-bond acceptors (Lipinski definition) is 3. The number of phenolic OH excluding ortho intramolecular Hbond substituents is 1. The van der Waals surface area contributed by atoms with E-state index in [0.717, 1.165) is 12.1 Å². The summed E-state index contributed by atoms with van der Waals surface area (Å²) in [6.45, 7) is 0. The van der Waals surface area contributed by atoms with Gasteiger partial charge in [0.05, 0.1) is 21.9 Å². The molecule has 0 spiro atoms. The number of nitrogens with zero attached hydrogens (tertiary/aromatic N) is 1. The largest absolute Gasteiger partial charge is 0.507 e. The number of amides is 1. The maximum absolute atomic E-state index is 12.8. The molecule has 1 aromatic carbocycles. The van der Waals surface area contributed by atoms with E-state index in [4.69, 9.17) is 11.6 Å². The lowest BCUT2D eigenvalue weighted by atomic mass is 10.2. The van der Waals surface area contributed by atoms with Gasteiger partial charge in [-0.05, 0) is 34.1 Å². The number of nitrogens with one attached hydrogen (secondary N) is 1. The van der Waals surface area contributed by atoms with Gasteiger partial charge >= 0.3 is 0 Å². The maximum Gasteiger partial charge on any atom is 0.259 e. The number of benzene rings is 1. The first-order chi connectivity index (χ1) is 8.97. The first-order valence-corrected chi connectivity index (χ1v) is 6.25. The summed E-state index contributed by atoms with van der Waals surface area (Å²) in [6.07, 6.45) is 1.37. The number of rotatable bonds is 2. The highest BCUT2D eigenvalue weighted by Crippen LogP contribution is 2.24. The van der Waals surface area contributed by atoms with Crippen molar-refractivity contribution in [2.75, 3.05) is 5.32 Å². The minimum Gasteiger partial charge on any atom is -0.507 e. The molecule has 0 aliphatic heterocycles. The van der Waals surface area contributed by atoms with Gasteiger partial charge in [-0.3, -0.25) is 4.79 Å². The molecule has 2 N–H and O–H groups in total. The number of halogens is 3. The molecule has 0 aliphatic carbocycles. The van der Waals surface area contributed by atoms with Crippen molar-refractivity contribution in [1.82, 2.24) is 4.98 Å². The van der Waals surface area contributed by atoms with Crippen molar-refractivity contribution < 1.29 is 14.3 Å². The molecule has 0 aliphatic rings. The van der Waals surface area contributed by atoms with Crippen LogP contribution >= 0.6 is 27.5 Å². The van der Waals surface area contributed by atoms with E-state index < -0.39 is 17.5 Å². The van der Waals surface area contributed by atoms with Gasteiger partial charge in [-0.2, -0.15) is 0 Å². The zero-order chi connectivity index (χ0) is 14.0. The van der Waals surface area contributed by atoms with E-state index in [1.54, 1.807) is 6.07 Å². The van der Waals surface area contributed by atoms with Gasteiger partial charge in [0.25, 0.3) is 5.91 Å². The number of aromatic nitrogens is 1. The van der Waals surface area contributed by atoms with Crippen molar-refractivity contribution in [1.29, 1.82) is 0 Å². The van der Waals surface area contributed by atoms with Crippen LogP contribution in [0.15, 0.2) is 34.9 Å². The minimum absolute atomic E-state index is 0.0347. The molecule has 19 heavy (non-hydrogen) atoms. The number of pyridine rings is 1. The first kappa shape index (κ1) is 13.8. The van der Waals surface area contributed by atoms with Crippen LogP contribution in [0.3, 0.4) is 0 Å². The maximum atomic E-state index is 12.8. The molecule has 98 valence electrons. The Morgan fingerprint density at radius 3 is 2.79 bits per heavy atom. The zero-order valence-electron chi connectivity index (χ0n) is 9.32. The fourth-order valence-corrected chi connectivity index (χ4v) is 1.84. The summed E-state index contributed by atoms with van der Waals surface area (Å²) in [5, 5.41) is 12.3. The Morgan fingerprint density at radius 1 is 1.42 bits per heavy atom. The predicted octanol–water partition coefficient (Wildman–Crippen LogP) is 3.59. The second-order valence-electron chi connectivity index (χ2n) is 3.61. The van der Waals surface area contributed by atoms with Crippen LogP contribution < -0.4 is 5.32 Å². The van der Waals surface area contributed by atoms with Crippen LogP contribution in [0.4, 0.5) is 10.1 Å². The minimum atomic E-state index is -0.620. The zero-order valence-corrected chi connectivity index (χ0v) is 11.7. The van der Waals surface area contributed by atoms with Gasteiger partial charge in [-0.25, -0.2) is 9.37 Å². The molecule has 4 nitrogen and oxygen atoms in total. The van der Waals surface area contributed by atoms with Gasteiger partial charge in [-0.15, -0.1) is 0 Å². The Kier molecular flexibility index (Phi) is 4.01. The van der Waals surface area contributed by atoms with Crippen LogP contribution in [0.1, 0.15) is 10.4 Å². The normalized spacial score (nSPS) is 10.3. The fourth-order valence-electron chi connectivity index (χ4n) is 1.38. The van der Waals surface area contributed by atoms with E-state index in [9.17, 15) is 14.3 Å². The van der Waals surface area contributed by atoms with Gasteiger partial charge in [0.1, 0.15) is 16.7 Å². The number of carbonyl (C=O) groups excluding carboxylic acids is 1. The molecule has 0 saturated heterocycles. The van der Waals surface area contributed by atoms with E-state index >= 15 is 0 Å². The molecule has 2 rings (SSSR count). The molecule has 7 heteroatoms. The van der Waals surface area contributed by atoms with Crippen LogP contribution in [0.2, 0.25) is 5.15 Å². The summed E-state index contributed by atoms with van der Waals surface area (Å²) in [5.74, 6) is -1.63. The lowest BCUT2D eigenvalue weighted by molar-refractivity contribution is 0.102. The number of anilines is 1. The summed E-state index contributed by atoms with van der Waals surface area (Å²) in [6, 6.07) is 4.71. The summed E-state index contributed by atoms with van der Waals surface area (Å²) < 4.78 is 13.3. The van der Waals surface area contributed by atoms with E-state index in [1.807, 2.05) is 0 Å². The molecule has 1 heterocycles. The molecule has 0 fully saturated rings. The standard InChI is InChI=1S/C12H7BrClFN2O2/c13-9-4-7(5-16-11(9)14)17-12(19)8-2-1-6(15)3-10(8)18/h1-5,18H,(H,17,19). The highest BCUT2D eigenvalue weighted by molar-refractivity contribution is 9.10. The van der Waals surface area contributed by atoms with Crippen LogP contribution in [0.25, 0.3) is 0 Å². The molecule has 2 aromatic rings. The van der Waals surface area contributed by atoms with Crippen molar-refractivity contribution in [3.63, 3.8) is 0 Å². The van der Waals surface area contributed by atoms with Crippen molar-refractivity contribution in [2.45, 2.75) is 0 Å². The topological polar surface area (TPSA) is 62.2 Å². The second kappa shape index (κ2) is 5.54. The highest BCUT2D eigenvalue weighted by Gasteiger charge is 2.12. The van der Waals surface area contributed by atoms with E-state index in [1.165, 1.54) is 12.3 Å². The highest BCUT2D eigenvalue weighted by atomic mass is 79.9. The Balaban J connectivity index is 2.23. The molecular weight excluding hydrogens is 338 g/mol. The van der Waals surface area contributed by atoms with Crippen molar-refractivity contribution >= 4 is 39.1 Å². The third-order valence-electron chi connectivity index (χ3n) is 2.26. The molecular formula is C12H7BrClFN2O2. The van der Waals surface area contributed by atoms with Crippen molar-refractivity contribution in [2.24, 2.45) is 0 Å². The number of aromatic hydroxyl groups is 1. The lowest BCUT2D eigenvalue weighted by Crippen LogP contribution is -2.12. The summed E-state index contributed by atoms with van der Waals surface area (Å²) in [7, 11) is 0. The van der Waals surface area contributed by atoms with E-state index in [2.05, 4.69) is 26.2 Å². The SMILES string of the molecule is O=C(Nc1cnc(Cl)c(Br)c1)c1ccc(F)cc1O. The smallest absolute Gasteiger partial charge is 0.259 e.